The molecule has 1 saturated carbocycles. The maximum atomic E-state index is 12.8. The number of morpholine rings is 1. The van der Waals surface area contributed by atoms with Gasteiger partial charge in [-0.15, -0.1) is 0 Å². The van der Waals surface area contributed by atoms with E-state index >= 15 is 0 Å². The lowest BCUT2D eigenvalue weighted by Gasteiger charge is -2.38. The zero-order valence-corrected chi connectivity index (χ0v) is 13.6. The van der Waals surface area contributed by atoms with Crippen molar-refractivity contribution in [3.63, 3.8) is 0 Å². The number of amides is 1. The van der Waals surface area contributed by atoms with Crippen LogP contribution < -0.4 is 4.74 Å². The molecule has 1 saturated heterocycles. The van der Waals surface area contributed by atoms with Crippen LogP contribution in [0.2, 0.25) is 0 Å². The van der Waals surface area contributed by atoms with Crippen molar-refractivity contribution in [2.24, 2.45) is 0 Å². The summed E-state index contributed by atoms with van der Waals surface area (Å²) in [5.41, 5.74) is 0.865. The molecular formula is C18H20N2O4. The number of carbonyl (C=O) groups is 1. The first-order valence-electron chi connectivity index (χ1n) is 8.27. The summed E-state index contributed by atoms with van der Waals surface area (Å²) in [6, 6.07) is 5.57. The Morgan fingerprint density at radius 2 is 2.29 bits per heavy atom. The smallest absolute Gasteiger partial charge is 0.290 e. The molecule has 2 aromatic heterocycles. The first-order chi connectivity index (χ1) is 11.7. The Kier molecular flexibility index (Phi) is 3.98. The van der Waals surface area contributed by atoms with Gasteiger partial charge in [-0.3, -0.25) is 9.78 Å². The van der Waals surface area contributed by atoms with Gasteiger partial charge in [0.15, 0.2) is 5.76 Å². The van der Waals surface area contributed by atoms with Gasteiger partial charge in [-0.05, 0) is 38.0 Å². The molecule has 0 spiro atoms. The van der Waals surface area contributed by atoms with Gasteiger partial charge in [-0.2, -0.15) is 0 Å². The molecule has 0 radical (unpaired) electrons. The number of hydrogen-bond acceptors (Lipinski definition) is 5. The summed E-state index contributed by atoms with van der Waals surface area (Å²) in [7, 11) is 0. The molecule has 2 fully saturated rings. The van der Waals surface area contributed by atoms with Gasteiger partial charge in [0.2, 0.25) is 0 Å². The Hall–Kier alpha value is -2.34. The van der Waals surface area contributed by atoms with E-state index in [2.05, 4.69) is 4.98 Å². The number of hydrogen-bond donors (Lipinski definition) is 0. The van der Waals surface area contributed by atoms with Gasteiger partial charge in [0.1, 0.15) is 18.0 Å². The van der Waals surface area contributed by atoms with E-state index in [-0.39, 0.29) is 24.2 Å². The fourth-order valence-corrected chi connectivity index (χ4v) is 3.61. The number of carbonyl (C=O) groups excluding carboxylic acids is 1. The van der Waals surface area contributed by atoms with E-state index < -0.39 is 0 Å². The van der Waals surface area contributed by atoms with Crippen LogP contribution in [0, 0.1) is 6.92 Å². The highest BCUT2D eigenvalue weighted by molar-refractivity contribution is 5.93. The van der Waals surface area contributed by atoms with E-state index in [0.717, 1.165) is 24.2 Å². The fourth-order valence-electron chi connectivity index (χ4n) is 3.61. The average Bonchev–Trinajstić information content (AvgIpc) is 3.22. The molecule has 1 aliphatic heterocycles. The Bertz CT molecular complexity index is 715. The zero-order chi connectivity index (χ0) is 16.5. The highest BCUT2D eigenvalue weighted by Gasteiger charge is 2.46. The van der Waals surface area contributed by atoms with Crippen molar-refractivity contribution < 1.29 is 18.7 Å². The molecule has 3 heterocycles. The second-order valence-electron chi connectivity index (χ2n) is 6.26. The number of fused-ring (bicyclic) bond motifs is 1. The molecule has 0 aromatic carbocycles. The van der Waals surface area contributed by atoms with E-state index in [1.54, 1.807) is 18.7 Å². The van der Waals surface area contributed by atoms with Crippen LogP contribution in [0.15, 0.2) is 41.3 Å². The predicted molar refractivity (Wildman–Crippen MR) is 85.9 cm³/mol. The van der Waals surface area contributed by atoms with Crippen molar-refractivity contribution in [1.29, 1.82) is 0 Å². The van der Waals surface area contributed by atoms with Crippen molar-refractivity contribution in [2.45, 2.75) is 38.0 Å². The summed E-state index contributed by atoms with van der Waals surface area (Å²) < 4.78 is 17.4. The number of furan rings is 1. The summed E-state index contributed by atoms with van der Waals surface area (Å²) in [5, 5.41) is 0. The molecule has 1 amide bonds. The normalized spacial score (nSPS) is 26.2. The highest BCUT2D eigenvalue weighted by atomic mass is 16.5. The van der Waals surface area contributed by atoms with Gasteiger partial charge in [-0.1, -0.05) is 0 Å². The van der Waals surface area contributed by atoms with Crippen molar-refractivity contribution in [3.8, 4) is 5.75 Å². The SMILES string of the molecule is Cc1ccoc1C(=O)N1CCO[C@@H]2[C@@H](Oc3cccnc3)CC[C@H]21. The monoisotopic (exact) mass is 328 g/mol. The Morgan fingerprint density at radius 1 is 1.38 bits per heavy atom. The molecule has 0 N–H and O–H groups in total. The molecule has 1 aliphatic carbocycles. The first-order valence-corrected chi connectivity index (χ1v) is 8.27. The minimum Gasteiger partial charge on any atom is -0.486 e. The largest absolute Gasteiger partial charge is 0.486 e. The lowest BCUT2D eigenvalue weighted by molar-refractivity contribution is -0.0792. The van der Waals surface area contributed by atoms with Gasteiger partial charge >= 0.3 is 0 Å². The number of rotatable bonds is 3. The molecule has 6 nitrogen and oxygen atoms in total. The standard InChI is InChI=1S/C18H20N2O4/c1-12-6-9-22-16(12)18(21)20-8-10-23-17-14(20)4-5-15(17)24-13-3-2-7-19-11-13/h2-3,6-7,9,11,14-15,17H,4-5,8,10H2,1H3/t14-,15+,17+/m1/s1. The fraction of sp³-hybridized carbons (Fsp3) is 0.444. The van der Waals surface area contributed by atoms with Gasteiger partial charge in [0.05, 0.1) is 25.1 Å². The Labute approximate surface area is 140 Å². The predicted octanol–water partition coefficient (Wildman–Crippen LogP) is 2.43. The quantitative estimate of drug-likeness (QED) is 0.866. The van der Waals surface area contributed by atoms with E-state index in [1.165, 1.54) is 0 Å². The minimum atomic E-state index is -0.113. The molecule has 4 rings (SSSR count). The topological polar surface area (TPSA) is 64.8 Å². The van der Waals surface area contributed by atoms with Crippen LogP contribution in [0.5, 0.6) is 5.75 Å². The van der Waals surface area contributed by atoms with Crippen LogP contribution >= 0.6 is 0 Å². The van der Waals surface area contributed by atoms with Crippen LogP contribution in [0.25, 0.3) is 0 Å². The van der Waals surface area contributed by atoms with E-state index in [4.69, 9.17) is 13.9 Å². The molecule has 3 atom stereocenters. The van der Waals surface area contributed by atoms with Crippen molar-refractivity contribution in [2.75, 3.05) is 13.2 Å². The minimum absolute atomic E-state index is 0.0254. The van der Waals surface area contributed by atoms with Crippen LogP contribution in [0.1, 0.15) is 29.0 Å². The number of nitrogens with zero attached hydrogens (tertiary/aromatic N) is 2. The van der Waals surface area contributed by atoms with Gasteiger partial charge in [0, 0.05) is 18.3 Å². The molecule has 6 heteroatoms. The van der Waals surface area contributed by atoms with Gasteiger partial charge < -0.3 is 18.8 Å². The third-order valence-electron chi connectivity index (χ3n) is 4.77. The summed E-state index contributed by atoms with van der Waals surface area (Å²) in [4.78, 5) is 18.8. The lowest BCUT2D eigenvalue weighted by Crippen LogP contribution is -2.54. The molecule has 0 unspecified atom stereocenters. The third kappa shape index (κ3) is 2.67. The number of ether oxygens (including phenoxy) is 2. The highest BCUT2D eigenvalue weighted by Crippen LogP contribution is 2.34. The third-order valence-corrected chi connectivity index (χ3v) is 4.77. The zero-order valence-electron chi connectivity index (χ0n) is 13.6. The number of pyridine rings is 1. The van der Waals surface area contributed by atoms with Crippen molar-refractivity contribution in [3.05, 3.63) is 48.2 Å². The molecule has 2 aliphatic rings. The summed E-state index contributed by atoms with van der Waals surface area (Å²) in [6.07, 6.45) is 6.51. The Morgan fingerprint density at radius 3 is 3.04 bits per heavy atom. The molecule has 24 heavy (non-hydrogen) atoms. The van der Waals surface area contributed by atoms with Crippen LogP contribution in [0.4, 0.5) is 0 Å². The van der Waals surface area contributed by atoms with E-state index in [0.29, 0.717) is 18.9 Å². The maximum absolute atomic E-state index is 12.8. The van der Waals surface area contributed by atoms with E-state index in [9.17, 15) is 4.79 Å². The summed E-state index contributed by atoms with van der Waals surface area (Å²) >= 11 is 0. The van der Waals surface area contributed by atoms with Crippen LogP contribution in [-0.2, 0) is 4.74 Å². The molecule has 2 aromatic rings. The first kappa shape index (κ1) is 15.2. The van der Waals surface area contributed by atoms with Crippen molar-refractivity contribution in [1.82, 2.24) is 9.88 Å². The number of aryl methyl sites for hydroxylation is 1. The summed E-state index contributed by atoms with van der Waals surface area (Å²) in [5.74, 6) is 1.10. The maximum Gasteiger partial charge on any atom is 0.290 e. The number of aromatic nitrogens is 1. The van der Waals surface area contributed by atoms with E-state index in [1.807, 2.05) is 30.0 Å². The van der Waals surface area contributed by atoms with Crippen molar-refractivity contribution >= 4 is 5.91 Å². The second-order valence-corrected chi connectivity index (χ2v) is 6.26. The average molecular weight is 328 g/mol. The molecular weight excluding hydrogens is 308 g/mol. The lowest BCUT2D eigenvalue weighted by atomic mass is 10.1. The molecule has 0 bridgehead atoms. The summed E-state index contributed by atoms with van der Waals surface area (Å²) in [6.45, 7) is 2.98. The van der Waals surface area contributed by atoms with Crippen LogP contribution in [-0.4, -0.2) is 47.2 Å². The van der Waals surface area contributed by atoms with Gasteiger partial charge in [0.25, 0.3) is 5.91 Å². The van der Waals surface area contributed by atoms with Gasteiger partial charge in [-0.25, -0.2) is 0 Å². The Balaban J connectivity index is 1.50. The van der Waals surface area contributed by atoms with Crippen LogP contribution in [0.3, 0.4) is 0 Å². The second kappa shape index (κ2) is 6.28. The molecule has 126 valence electrons.